The fourth-order valence-electron chi connectivity index (χ4n) is 3.16. The largest absolute Gasteiger partial charge is 0.349 e. The molecule has 5 nitrogen and oxygen atoms in total. The Morgan fingerprint density at radius 3 is 2.56 bits per heavy atom. The number of hydrogen-bond acceptors (Lipinski definition) is 3. The molecule has 0 aromatic heterocycles. The molecular weight excluding hydrogens is 336 g/mol. The molecule has 0 bridgehead atoms. The van der Waals surface area contributed by atoms with Crippen LogP contribution < -0.4 is 10.0 Å². The van der Waals surface area contributed by atoms with Crippen molar-refractivity contribution in [2.75, 3.05) is 11.0 Å². The molecular formula is C19H22N2O3S. The lowest BCUT2D eigenvalue weighted by molar-refractivity contribution is 0.0933. The number of fused-ring (bicyclic) bond motifs is 1. The van der Waals surface area contributed by atoms with Crippen LogP contribution in [0.3, 0.4) is 0 Å². The lowest BCUT2D eigenvalue weighted by atomic mass is 9.88. The van der Waals surface area contributed by atoms with E-state index in [4.69, 9.17) is 0 Å². The molecule has 132 valence electrons. The quantitative estimate of drug-likeness (QED) is 0.882. The molecule has 0 saturated carbocycles. The van der Waals surface area contributed by atoms with Crippen LogP contribution in [0.15, 0.2) is 42.5 Å². The number of benzene rings is 2. The fraction of sp³-hybridized carbons (Fsp3) is 0.316. The summed E-state index contributed by atoms with van der Waals surface area (Å²) in [5, 5.41) is 3.07. The first-order valence-corrected chi connectivity index (χ1v) is 10.2. The zero-order valence-corrected chi connectivity index (χ0v) is 15.2. The summed E-state index contributed by atoms with van der Waals surface area (Å²) in [6, 6.07) is 13.4. The highest BCUT2D eigenvalue weighted by Gasteiger charge is 2.20. The Balaban J connectivity index is 1.73. The lowest BCUT2D eigenvalue weighted by Crippen LogP contribution is -2.38. The van der Waals surface area contributed by atoms with Crippen LogP contribution in [-0.4, -0.2) is 26.6 Å². The number of amides is 1. The lowest BCUT2D eigenvalue weighted by Gasteiger charge is -2.25. The SMILES string of the molecule is Cc1ccc(C(=O)NC2CCc3ccccc3C2)cc1NS(C)(=O)=O. The van der Waals surface area contributed by atoms with Gasteiger partial charge >= 0.3 is 0 Å². The number of carbonyl (C=O) groups is 1. The van der Waals surface area contributed by atoms with Gasteiger partial charge in [0.15, 0.2) is 0 Å². The van der Waals surface area contributed by atoms with Gasteiger partial charge in [-0.05, 0) is 55.0 Å². The van der Waals surface area contributed by atoms with E-state index < -0.39 is 10.0 Å². The third kappa shape index (κ3) is 4.39. The Bertz CT molecular complexity index is 907. The summed E-state index contributed by atoms with van der Waals surface area (Å²) in [5.41, 5.74) is 4.29. The van der Waals surface area contributed by atoms with Gasteiger partial charge in [0, 0.05) is 11.6 Å². The first-order valence-electron chi connectivity index (χ1n) is 8.28. The predicted octanol–water partition coefficient (Wildman–Crippen LogP) is 2.65. The van der Waals surface area contributed by atoms with E-state index in [9.17, 15) is 13.2 Å². The fourth-order valence-corrected chi connectivity index (χ4v) is 3.78. The van der Waals surface area contributed by atoms with Gasteiger partial charge in [-0.25, -0.2) is 8.42 Å². The number of rotatable bonds is 4. The number of sulfonamides is 1. The Morgan fingerprint density at radius 1 is 1.12 bits per heavy atom. The molecule has 25 heavy (non-hydrogen) atoms. The zero-order chi connectivity index (χ0) is 18.0. The van der Waals surface area contributed by atoms with Crippen LogP contribution in [0.2, 0.25) is 0 Å². The van der Waals surface area contributed by atoms with Gasteiger partial charge in [-0.2, -0.15) is 0 Å². The molecule has 3 rings (SSSR count). The second-order valence-corrected chi connectivity index (χ2v) is 8.33. The second-order valence-electron chi connectivity index (χ2n) is 6.59. The van der Waals surface area contributed by atoms with Crippen molar-refractivity contribution in [3.63, 3.8) is 0 Å². The minimum absolute atomic E-state index is 0.0926. The number of nitrogens with one attached hydrogen (secondary N) is 2. The van der Waals surface area contributed by atoms with Crippen LogP contribution in [0, 0.1) is 6.92 Å². The number of hydrogen-bond donors (Lipinski definition) is 2. The Labute approximate surface area is 148 Å². The summed E-state index contributed by atoms with van der Waals surface area (Å²) >= 11 is 0. The summed E-state index contributed by atoms with van der Waals surface area (Å²) in [6.45, 7) is 1.80. The monoisotopic (exact) mass is 358 g/mol. The first-order chi connectivity index (χ1) is 11.8. The van der Waals surface area contributed by atoms with Crippen molar-refractivity contribution in [2.45, 2.75) is 32.2 Å². The van der Waals surface area contributed by atoms with Crippen molar-refractivity contribution >= 4 is 21.6 Å². The second kappa shape index (κ2) is 6.88. The molecule has 2 N–H and O–H groups in total. The van der Waals surface area contributed by atoms with Crippen molar-refractivity contribution in [2.24, 2.45) is 0 Å². The molecule has 0 fully saturated rings. The van der Waals surface area contributed by atoms with Crippen LogP contribution >= 0.6 is 0 Å². The molecule has 2 aromatic rings. The van der Waals surface area contributed by atoms with Gasteiger partial charge < -0.3 is 5.32 Å². The van der Waals surface area contributed by atoms with E-state index in [1.165, 1.54) is 11.1 Å². The third-order valence-corrected chi connectivity index (χ3v) is 5.07. The molecule has 1 aliphatic carbocycles. The molecule has 0 saturated heterocycles. The Hall–Kier alpha value is -2.34. The molecule has 1 atom stereocenters. The van der Waals surface area contributed by atoms with Crippen molar-refractivity contribution < 1.29 is 13.2 Å². The average molecular weight is 358 g/mol. The van der Waals surface area contributed by atoms with E-state index in [0.29, 0.717) is 11.3 Å². The maximum Gasteiger partial charge on any atom is 0.251 e. The number of carbonyl (C=O) groups excluding carboxylic acids is 1. The molecule has 1 unspecified atom stereocenters. The van der Waals surface area contributed by atoms with Gasteiger partial charge in [0.05, 0.1) is 11.9 Å². The van der Waals surface area contributed by atoms with Gasteiger partial charge in [0.25, 0.3) is 5.91 Å². The van der Waals surface area contributed by atoms with Crippen molar-refractivity contribution in [3.05, 3.63) is 64.7 Å². The number of anilines is 1. The van der Waals surface area contributed by atoms with Crippen LogP contribution in [0.1, 0.15) is 33.5 Å². The molecule has 0 radical (unpaired) electrons. The molecule has 0 heterocycles. The summed E-state index contributed by atoms with van der Waals surface area (Å²) in [4.78, 5) is 12.6. The molecule has 1 aliphatic rings. The normalized spacial score (nSPS) is 16.8. The van der Waals surface area contributed by atoms with Crippen molar-refractivity contribution in [3.8, 4) is 0 Å². The van der Waals surface area contributed by atoms with Gasteiger partial charge in [-0.1, -0.05) is 30.3 Å². The first kappa shape index (κ1) is 17.5. The summed E-state index contributed by atoms with van der Waals surface area (Å²) in [7, 11) is -3.38. The van der Waals surface area contributed by atoms with E-state index in [1.807, 2.05) is 12.1 Å². The molecule has 2 aromatic carbocycles. The van der Waals surface area contributed by atoms with Gasteiger partial charge in [0.1, 0.15) is 0 Å². The minimum atomic E-state index is -3.38. The summed E-state index contributed by atoms with van der Waals surface area (Å²) in [5.74, 6) is -0.180. The Morgan fingerprint density at radius 2 is 1.84 bits per heavy atom. The molecule has 1 amide bonds. The molecule has 6 heteroatoms. The van der Waals surface area contributed by atoms with E-state index in [0.717, 1.165) is 31.1 Å². The van der Waals surface area contributed by atoms with Gasteiger partial charge in [-0.3, -0.25) is 9.52 Å². The topological polar surface area (TPSA) is 75.3 Å². The minimum Gasteiger partial charge on any atom is -0.349 e. The highest BCUT2D eigenvalue weighted by atomic mass is 32.2. The molecule has 0 spiro atoms. The van der Waals surface area contributed by atoms with Gasteiger partial charge in [0.2, 0.25) is 10.0 Å². The van der Waals surface area contributed by atoms with E-state index in [1.54, 1.807) is 25.1 Å². The smallest absolute Gasteiger partial charge is 0.251 e. The highest BCUT2D eigenvalue weighted by Crippen LogP contribution is 2.22. The Kier molecular flexibility index (Phi) is 4.81. The summed E-state index contributed by atoms with van der Waals surface area (Å²) in [6.07, 6.45) is 3.78. The van der Waals surface area contributed by atoms with Crippen LogP contribution in [0.5, 0.6) is 0 Å². The maximum atomic E-state index is 12.6. The summed E-state index contributed by atoms with van der Waals surface area (Å²) < 4.78 is 25.4. The number of aryl methyl sites for hydroxylation is 2. The van der Waals surface area contributed by atoms with Gasteiger partial charge in [-0.15, -0.1) is 0 Å². The van der Waals surface area contributed by atoms with E-state index in [2.05, 4.69) is 22.2 Å². The third-order valence-electron chi connectivity index (χ3n) is 4.48. The average Bonchev–Trinajstić information content (AvgIpc) is 2.55. The van der Waals surface area contributed by atoms with Crippen molar-refractivity contribution in [1.29, 1.82) is 0 Å². The molecule has 0 aliphatic heterocycles. The van der Waals surface area contributed by atoms with E-state index in [-0.39, 0.29) is 11.9 Å². The predicted molar refractivity (Wildman–Crippen MR) is 99.4 cm³/mol. The van der Waals surface area contributed by atoms with Crippen LogP contribution in [0.4, 0.5) is 5.69 Å². The maximum absolute atomic E-state index is 12.6. The standard InChI is InChI=1S/C19H22N2O3S/c1-13-7-8-16(12-18(13)21-25(2,23)24)19(22)20-17-10-9-14-5-3-4-6-15(14)11-17/h3-8,12,17,21H,9-11H2,1-2H3,(H,20,22). The van der Waals surface area contributed by atoms with Crippen molar-refractivity contribution in [1.82, 2.24) is 5.32 Å². The van der Waals surface area contributed by atoms with Crippen LogP contribution in [-0.2, 0) is 22.9 Å². The van der Waals surface area contributed by atoms with E-state index >= 15 is 0 Å². The highest BCUT2D eigenvalue weighted by molar-refractivity contribution is 7.92. The zero-order valence-electron chi connectivity index (χ0n) is 14.4. The van der Waals surface area contributed by atoms with Crippen LogP contribution in [0.25, 0.3) is 0 Å².